The van der Waals surface area contributed by atoms with Crippen molar-refractivity contribution in [3.8, 4) is 0 Å². The molecule has 2 rings (SSSR count). The molecule has 1 saturated heterocycles. The molecule has 1 unspecified atom stereocenters. The maximum atomic E-state index is 6.22. The molecule has 2 heterocycles. The first-order valence-corrected chi connectivity index (χ1v) is 7.82. The zero-order valence-corrected chi connectivity index (χ0v) is 12.5. The molecule has 0 aromatic carbocycles. The normalized spacial score (nSPS) is 20.9. The standard InChI is InChI=1S/C13H20ClN3S/c1-3-10-8-17(6-7-18-10)9-12-11(14)4-5-13(15-2)16-12/h4-5,10H,3,6-9H2,1-2H3,(H,15,16). The van der Waals surface area contributed by atoms with Gasteiger partial charge in [-0.15, -0.1) is 0 Å². The molecule has 0 spiro atoms. The van der Waals surface area contributed by atoms with Gasteiger partial charge in [0.25, 0.3) is 0 Å². The van der Waals surface area contributed by atoms with Gasteiger partial charge in [-0.25, -0.2) is 4.98 Å². The largest absolute Gasteiger partial charge is 0.373 e. The summed E-state index contributed by atoms with van der Waals surface area (Å²) in [4.78, 5) is 7.00. The molecule has 1 aromatic heterocycles. The number of halogens is 1. The lowest BCUT2D eigenvalue weighted by Crippen LogP contribution is -2.37. The summed E-state index contributed by atoms with van der Waals surface area (Å²) < 4.78 is 0. The average Bonchev–Trinajstić information content (AvgIpc) is 2.41. The Bertz CT molecular complexity index is 400. The number of hydrogen-bond donors (Lipinski definition) is 1. The van der Waals surface area contributed by atoms with E-state index in [1.807, 2.05) is 19.2 Å². The van der Waals surface area contributed by atoms with Crippen molar-refractivity contribution in [3.05, 3.63) is 22.8 Å². The minimum atomic E-state index is 0.755. The first kappa shape index (κ1) is 14.0. The Morgan fingerprint density at radius 2 is 2.39 bits per heavy atom. The van der Waals surface area contributed by atoms with Crippen LogP contribution in [0.1, 0.15) is 19.0 Å². The van der Waals surface area contributed by atoms with Gasteiger partial charge in [-0.1, -0.05) is 18.5 Å². The van der Waals surface area contributed by atoms with Crippen LogP contribution in [-0.4, -0.2) is 41.0 Å². The molecule has 1 aromatic rings. The summed E-state index contributed by atoms with van der Waals surface area (Å²) in [5, 5.41) is 4.58. The molecule has 100 valence electrons. The van der Waals surface area contributed by atoms with E-state index in [2.05, 4.69) is 33.9 Å². The molecule has 1 atom stereocenters. The van der Waals surface area contributed by atoms with Crippen molar-refractivity contribution in [1.82, 2.24) is 9.88 Å². The van der Waals surface area contributed by atoms with Crippen molar-refractivity contribution in [2.45, 2.75) is 25.1 Å². The highest BCUT2D eigenvalue weighted by Crippen LogP contribution is 2.24. The van der Waals surface area contributed by atoms with Gasteiger partial charge in [-0.05, 0) is 18.6 Å². The Kier molecular flexibility index (Phi) is 5.15. The minimum Gasteiger partial charge on any atom is -0.373 e. The topological polar surface area (TPSA) is 28.2 Å². The Labute approximate surface area is 118 Å². The lowest BCUT2D eigenvalue weighted by atomic mass is 10.2. The van der Waals surface area contributed by atoms with Crippen molar-refractivity contribution in [2.75, 3.05) is 31.2 Å². The predicted octanol–water partition coefficient (Wildman–Crippen LogP) is 3.10. The van der Waals surface area contributed by atoms with Crippen molar-refractivity contribution in [3.63, 3.8) is 0 Å². The molecule has 1 aliphatic rings. The second-order valence-electron chi connectivity index (χ2n) is 4.51. The molecule has 5 heteroatoms. The fourth-order valence-corrected chi connectivity index (χ4v) is 3.53. The van der Waals surface area contributed by atoms with Gasteiger partial charge in [0.2, 0.25) is 0 Å². The fourth-order valence-electron chi connectivity index (χ4n) is 2.12. The lowest BCUT2D eigenvalue weighted by Gasteiger charge is -2.31. The van der Waals surface area contributed by atoms with Crippen LogP contribution < -0.4 is 5.32 Å². The SMILES string of the molecule is CCC1CN(Cc2nc(NC)ccc2Cl)CCS1. The van der Waals surface area contributed by atoms with Crippen molar-refractivity contribution < 1.29 is 0 Å². The van der Waals surface area contributed by atoms with Gasteiger partial charge in [-0.2, -0.15) is 11.8 Å². The first-order valence-electron chi connectivity index (χ1n) is 6.40. The predicted molar refractivity (Wildman–Crippen MR) is 80.6 cm³/mol. The second kappa shape index (κ2) is 6.64. The number of nitrogens with zero attached hydrogens (tertiary/aromatic N) is 2. The van der Waals surface area contributed by atoms with E-state index in [9.17, 15) is 0 Å². The third kappa shape index (κ3) is 3.53. The van der Waals surface area contributed by atoms with Crippen LogP contribution in [0.25, 0.3) is 0 Å². The zero-order valence-electron chi connectivity index (χ0n) is 10.9. The van der Waals surface area contributed by atoms with E-state index in [4.69, 9.17) is 11.6 Å². The monoisotopic (exact) mass is 285 g/mol. The van der Waals surface area contributed by atoms with Crippen LogP contribution in [0.3, 0.4) is 0 Å². The minimum absolute atomic E-state index is 0.755. The van der Waals surface area contributed by atoms with E-state index in [1.165, 1.54) is 12.2 Å². The van der Waals surface area contributed by atoms with Crippen molar-refractivity contribution >= 4 is 29.2 Å². The number of pyridine rings is 1. The highest BCUT2D eigenvalue weighted by Gasteiger charge is 2.20. The van der Waals surface area contributed by atoms with Crippen LogP contribution in [-0.2, 0) is 6.54 Å². The van der Waals surface area contributed by atoms with Crippen molar-refractivity contribution in [1.29, 1.82) is 0 Å². The first-order chi connectivity index (χ1) is 8.72. The van der Waals surface area contributed by atoms with Crippen LogP contribution in [0.2, 0.25) is 5.02 Å². The number of hydrogen-bond acceptors (Lipinski definition) is 4. The van der Waals surface area contributed by atoms with E-state index in [0.717, 1.165) is 41.4 Å². The van der Waals surface area contributed by atoms with Crippen molar-refractivity contribution in [2.24, 2.45) is 0 Å². The number of rotatable bonds is 4. The van der Waals surface area contributed by atoms with Gasteiger partial charge in [0.15, 0.2) is 0 Å². The van der Waals surface area contributed by atoms with E-state index in [1.54, 1.807) is 0 Å². The van der Waals surface area contributed by atoms with Crippen LogP contribution in [0, 0.1) is 0 Å². The van der Waals surface area contributed by atoms with Crippen LogP contribution in [0.4, 0.5) is 5.82 Å². The van der Waals surface area contributed by atoms with Gasteiger partial charge in [0.05, 0.1) is 10.7 Å². The second-order valence-corrected chi connectivity index (χ2v) is 6.33. The summed E-state index contributed by atoms with van der Waals surface area (Å²) in [6.07, 6.45) is 1.24. The highest BCUT2D eigenvalue weighted by molar-refractivity contribution is 8.00. The number of anilines is 1. The molecule has 0 saturated carbocycles. The molecule has 1 fully saturated rings. The van der Waals surface area contributed by atoms with Crippen LogP contribution >= 0.6 is 23.4 Å². The third-order valence-electron chi connectivity index (χ3n) is 3.23. The molecule has 18 heavy (non-hydrogen) atoms. The summed E-state index contributed by atoms with van der Waals surface area (Å²) in [5.41, 5.74) is 0.977. The molecule has 0 radical (unpaired) electrons. The van der Waals surface area contributed by atoms with E-state index >= 15 is 0 Å². The van der Waals surface area contributed by atoms with E-state index in [0.29, 0.717) is 0 Å². The summed E-state index contributed by atoms with van der Waals surface area (Å²) >= 11 is 8.30. The Balaban J connectivity index is 2.04. The molecule has 1 N–H and O–H groups in total. The number of nitrogens with one attached hydrogen (secondary N) is 1. The van der Waals surface area contributed by atoms with Crippen LogP contribution in [0.5, 0.6) is 0 Å². The van der Waals surface area contributed by atoms with E-state index < -0.39 is 0 Å². The van der Waals surface area contributed by atoms with Gasteiger partial charge in [0, 0.05) is 37.7 Å². The molecule has 0 aliphatic carbocycles. The molecule has 3 nitrogen and oxygen atoms in total. The van der Waals surface area contributed by atoms with E-state index in [-0.39, 0.29) is 0 Å². The third-order valence-corrected chi connectivity index (χ3v) is 4.94. The van der Waals surface area contributed by atoms with Crippen LogP contribution in [0.15, 0.2) is 12.1 Å². The molecule has 0 bridgehead atoms. The molecular formula is C13H20ClN3S. The quantitative estimate of drug-likeness (QED) is 0.920. The van der Waals surface area contributed by atoms with Gasteiger partial charge in [0.1, 0.15) is 5.82 Å². The Morgan fingerprint density at radius 3 is 3.11 bits per heavy atom. The Morgan fingerprint density at radius 1 is 1.56 bits per heavy atom. The molecule has 0 amide bonds. The zero-order chi connectivity index (χ0) is 13.0. The molecule has 1 aliphatic heterocycles. The van der Waals surface area contributed by atoms with Gasteiger partial charge < -0.3 is 5.32 Å². The Hall–Kier alpha value is -0.450. The summed E-state index contributed by atoms with van der Waals surface area (Å²) in [5.74, 6) is 2.09. The number of aromatic nitrogens is 1. The summed E-state index contributed by atoms with van der Waals surface area (Å²) in [7, 11) is 1.88. The summed E-state index contributed by atoms with van der Waals surface area (Å²) in [6, 6.07) is 3.83. The highest BCUT2D eigenvalue weighted by atomic mass is 35.5. The molecular weight excluding hydrogens is 266 g/mol. The average molecular weight is 286 g/mol. The lowest BCUT2D eigenvalue weighted by molar-refractivity contribution is 0.270. The number of thioether (sulfide) groups is 1. The summed E-state index contributed by atoms with van der Waals surface area (Å²) in [6.45, 7) is 5.38. The van der Waals surface area contributed by atoms with Gasteiger partial charge in [-0.3, -0.25) is 4.90 Å². The van der Waals surface area contributed by atoms with Gasteiger partial charge >= 0.3 is 0 Å². The maximum Gasteiger partial charge on any atom is 0.126 e. The smallest absolute Gasteiger partial charge is 0.126 e. The fraction of sp³-hybridized carbons (Fsp3) is 0.615. The maximum absolute atomic E-state index is 6.22.